The fourth-order valence-corrected chi connectivity index (χ4v) is 3.26. The number of nitrogens with zero attached hydrogens (tertiary/aromatic N) is 2. The van der Waals surface area contributed by atoms with Crippen LogP contribution in [0.5, 0.6) is 0 Å². The van der Waals surface area contributed by atoms with Crippen LogP contribution >= 0.6 is 34.6 Å². The lowest BCUT2D eigenvalue weighted by atomic mass is 10.4. The Labute approximate surface area is 98.2 Å². The van der Waals surface area contributed by atoms with E-state index in [1.54, 1.807) is 17.8 Å². The second kappa shape index (κ2) is 4.73. The summed E-state index contributed by atoms with van der Waals surface area (Å²) in [6, 6.07) is 3.46. The van der Waals surface area contributed by atoms with Gasteiger partial charge in [0.1, 0.15) is 11.2 Å². The Morgan fingerprint density at radius 1 is 1.53 bits per heavy atom. The lowest BCUT2D eigenvalue weighted by Gasteiger charge is -1.91. The molecule has 0 bridgehead atoms. The summed E-state index contributed by atoms with van der Waals surface area (Å²) in [4.78, 5) is 16.1. The summed E-state index contributed by atoms with van der Waals surface area (Å²) in [5.74, 6) is -0.125. The molecule has 0 amide bonds. The van der Waals surface area contributed by atoms with Gasteiger partial charge in [-0.2, -0.15) is 4.37 Å². The van der Waals surface area contributed by atoms with Crippen LogP contribution in [-0.4, -0.2) is 20.4 Å². The Morgan fingerprint density at radius 3 is 3.00 bits per heavy atom. The van der Waals surface area contributed by atoms with Crippen LogP contribution < -0.4 is 0 Å². The summed E-state index contributed by atoms with van der Waals surface area (Å²) in [5, 5.41) is 8.73. The SMILES string of the molecule is O=C(O)c1ccc(CSc2ncns2)s1. The van der Waals surface area contributed by atoms with Crippen molar-refractivity contribution >= 4 is 40.6 Å². The van der Waals surface area contributed by atoms with Crippen LogP contribution in [0.4, 0.5) is 0 Å². The van der Waals surface area contributed by atoms with Crippen LogP contribution in [0.3, 0.4) is 0 Å². The standard InChI is InChI=1S/C8H6N2O2S3/c11-7(12)6-2-1-5(14-6)3-13-8-9-4-10-15-8/h1-2,4H,3H2,(H,11,12). The normalized spacial score (nSPS) is 10.4. The molecule has 2 heterocycles. The second-order valence-corrected chi connectivity index (χ2v) is 5.74. The van der Waals surface area contributed by atoms with Gasteiger partial charge in [-0.05, 0) is 23.7 Å². The number of carbonyl (C=O) groups is 1. The highest BCUT2D eigenvalue weighted by Crippen LogP contribution is 2.27. The van der Waals surface area contributed by atoms with E-state index in [1.807, 2.05) is 6.07 Å². The van der Waals surface area contributed by atoms with Gasteiger partial charge in [0.25, 0.3) is 0 Å². The van der Waals surface area contributed by atoms with Crippen molar-refractivity contribution in [2.24, 2.45) is 0 Å². The van der Waals surface area contributed by atoms with Crippen LogP contribution in [0.1, 0.15) is 14.5 Å². The Bertz CT molecular complexity index is 452. The van der Waals surface area contributed by atoms with Crippen molar-refractivity contribution in [1.29, 1.82) is 0 Å². The minimum absolute atomic E-state index is 0.378. The molecule has 2 aromatic heterocycles. The summed E-state index contributed by atoms with van der Waals surface area (Å²) in [5.41, 5.74) is 0. The highest BCUT2D eigenvalue weighted by molar-refractivity contribution is 8.00. The Hall–Kier alpha value is -0.920. The van der Waals surface area contributed by atoms with E-state index < -0.39 is 5.97 Å². The van der Waals surface area contributed by atoms with Gasteiger partial charge in [0, 0.05) is 10.6 Å². The van der Waals surface area contributed by atoms with E-state index in [4.69, 9.17) is 5.11 Å². The van der Waals surface area contributed by atoms with E-state index in [1.165, 1.54) is 29.2 Å². The van der Waals surface area contributed by atoms with E-state index in [-0.39, 0.29) is 0 Å². The molecule has 0 saturated heterocycles. The zero-order chi connectivity index (χ0) is 10.7. The molecule has 78 valence electrons. The predicted molar refractivity (Wildman–Crippen MR) is 60.7 cm³/mol. The van der Waals surface area contributed by atoms with Gasteiger partial charge in [0.15, 0.2) is 4.34 Å². The zero-order valence-electron chi connectivity index (χ0n) is 7.41. The summed E-state index contributed by atoms with van der Waals surface area (Å²) < 4.78 is 4.79. The van der Waals surface area contributed by atoms with Crippen molar-refractivity contribution in [3.8, 4) is 0 Å². The average molecular weight is 258 g/mol. The van der Waals surface area contributed by atoms with Crippen LogP contribution in [0.15, 0.2) is 22.8 Å². The molecule has 0 spiro atoms. The van der Waals surface area contributed by atoms with Gasteiger partial charge in [0.05, 0.1) is 0 Å². The predicted octanol–water partition coefficient (Wildman–Crippen LogP) is 2.59. The third-order valence-corrected chi connectivity index (χ3v) is 4.65. The smallest absolute Gasteiger partial charge is 0.345 e. The van der Waals surface area contributed by atoms with Crippen molar-refractivity contribution in [1.82, 2.24) is 9.36 Å². The van der Waals surface area contributed by atoms with Gasteiger partial charge in [0.2, 0.25) is 0 Å². The molecule has 2 rings (SSSR count). The van der Waals surface area contributed by atoms with Crippen molar-refractivity contribution in [3.63, 3.8) is 0 Å². The minimum Gasteiger partial charge on any atom is -0.477 e. The van der Waals surface area contributed by atoms with E-state index in [2.05, 4.69) is 9.36 Å². The number of thioether (sulfide) groups is 1. The van der Waals surface area contributed by atoms with Gasteiger partial charge >= 0.3 is 5.97 Å². The molecule has 15 heavy (non-hydrogen) atoms. The maximum absolute atomic E-state index is 10.6. The fourth-order valence-electron chi connectivity index (χ4n) is 0.930. The number of carboxylic acid groups (broad SMARTS) is 1. The molecule has 1 N–H and O–H groups in total. The van der Waals surface area contributed by atoms with Crippen molar-refractivity contribution in [3.05, 3.63) is 28.2 Å². The Morgan fingerprint density at radius 2 is 2.40 bits per heavy atom. The first-order valence-electron chi connectivity index (χ1n) is 3.97. The number of hydrogen-bond acceptors (Lipinski definition) is 6. The highest BCUT2D eigenvalue weighted by Gasteiger charge is 2.07. The number of thiophene rings is 1. The molecule has 0 aromatic carbocycles. The molecule has 7 heteroatoms. The van der Waals surface area contributed by atoms with Gasteiger partial charge in [-0.1, -0.05) is 11.8 Å². The maximum Gasteiger partial charge on any atom is 0.345 e. The molecule has 0 aliphatic heterocycles. The van der Waals surface area contributed by atoms with Gasteiger partial charge in [-0.15, -0.1) is 11.3 Å². The first-order chi connectivity index (χ1) is 7.25. The molecule has 0 aliphatic carbocycles. The Kier molecular flexibility index (Phi) is 3.34. The van der Waals surface area contributed by atoms with Gasteiger partial charge < -0.3 is 5.11 Å². The number of hydrogen-bond donors (Lipinski definition) is 1. The quantitative estimate of drug-likeness (QED) is 0.854. The average Bonchev–Trinajstić information content (AvgIpc) is 2.86. The van der Waals surface area contributed by atoms with Crippen LogP contribution in [-0.2, 0) is 5.75 Å². The minimum atomic E-state index is -0.868. The molecule has 0 fully saturated rings. The first kappa shape index (κ1) is 10.6. The fraction of sp³-hybridized carbons (Fsp3) is 0.125. The monoisotopic (exact) mass is 258 g/mol. The molecule has 0 atom stereocenters. The summed E-state index contributed by atoms with van der Waals surface area (Å²) in [6.45, 7) is 0. The molecular weight excluding hydrogens is 252 g/mol. The summed E-state index contributed by atoms with van der Waals surface area (Å²) >= 11 is 4.21. The highest BCUT2D eigenvalue weighted by atomic mass is 32.2. The Balaban J connectivity index is 1.96. The van der Waals surface area contributed by atoms with Gasteiger partial charge in [-0.3, -0.25) is 0 Å². The number of aromatic nitrogens is 2. The van der Waals surface area contributed by atoms with E-state index in [0.717, 1.165) is 15.0 Å². The molecule has 4 nitrogen and oxygen atoms in total. The second-order valence-electron chi connectivity index (χ2n) is 2.57. The van der Waals surface area contributed by atoms with Crippen LogP contribution in [0, 0.1) is 0 Å². The van der Waals surface area contributed by atoms with E-state index >= 15 is 0 Å². The molecule has 0 aliphatic rings. The van der Waals surface area contributed by atoms with Gasteiger partial charge in [-0.25, -0.2) is 9.78 Å². The van der Waals surface area contributed by atoms with Crippen molar-refractivity contribution in [2.45, 2.75) is 10.1 Å². The van der Waals surface area contributed by atoms with Crippen LogP contribution in [0.2, 0.25) is 0 Å². The van der Waals surface area contributed by atoms with Crippen LogP contribution in [0.25, 0.3) is 0 Å². The third kappa shape index (κ3) is 2.77. The molecule has 2 aromatic rings. The lowest BCUT2D eigenvalue weighted by molar-refractivity contribution is 0.0702. The number of aromatic carboxylic acids is 1. The molecule has 0 saturated carbocycles. The molecular formula is C8H6N2O2S3. The van der Waals surface area contributed by atoms with E-state index in [9.17, 15) is 4.79 Å². The van der Waals surface area contributed by atoms with E-state index in [0.29, 0.717) is 4.88 Å². The third-order valence-electron chi connectivity index (χ3n) is 1.55. The molecule has 0 radical (unpaired) electrons. The summed E-state index contributed by atoms with van der Waals surface area (Å²) in [6.07, 6.45) is 1.52. The lowest BCUT2D eigenvalue weighted by Crippen LogP contribution is -1.89. The summed E-state index contributed by atoms with van der Waals surface area (Å²) in [7, 11) is 0. The largest absolute Gasteiger partial charge is 0.477 e. The topological polar surface area (TPSA) is 63.1 Å². The first-order valence-corrected chi connectivity index (χ1v) is 6.55. The zero-order valence-corrected chi connectivity index (χ0v) is 9.86. The van der Waals surface area contributed by atoms with Crippen molar-refractivity contribution in [2.75, 3.05) is 0 Å². The molecule has 0 unspecified atom stereocenters. The maximum atomic E-state index is 10.6. The van der Waals surface area contributed by atoms with Crippen molar-refractivity contribution < 1.29 is 9.90 Å². The number of carboxylic acids is 1. The number of rotatable bonds is 4.